The molecule has 2 N–H and O–H groups in total. The summed E-state index contributed by atoms with van der Waals surface area (Å²) in [7, 11) is 1.62. The summed E-state index contributed by atoms with van der Waals surface area (Å²) < 4.78 is 4.94. The predicted molar refractivity (Wildman–Crippen MR) is 60.0 cm³/mol. The molecule has 1 rings (SSSR count). The van der Waals surface area contributed by atoms with Crippen LogP contribution < -0.4 is 5.73 Å². The van der Waals surface area contributed by atoms with Gasteiger partial charge in [0.05, 0.1) is 16.7 Å². The Bertz CT molecular complexity index is 304. The minimum absolute atomic E-state index is 0.0454. The van der Waals surface area contributed by atoms with Gasteiger partial charge in [-0.3, -0.25) is 0 Å². The summed E-state index contributed by atoms with van der Waals surface area (Å²) in [5.74, 6) is 0. The zero-order chi connectivity index (χ0) is 10.6. The third-order valence-corrected chi connectivity index (χ3v) is 2.75. The summed E-state index contributed by atoms with van der Waals surface area (Å²) in [6.45, 7) is 0.517. The molecule has 0 heterocycles. The van der Waals surface area contributed by atoms with Crippen LogP contribution in [0.15, 0.2) is 18.2 Å². The molecule has 0 aliphatic rings. The van der Waals surface area contributed by atoms with E-state index in [1.807, 2.05) is 12.1 Å². The molecular formula is C10H13Cl2NO. The molecule has 4 heteroatoms. The highest BCUT2D eigenvalue weighted by Crippen LogP contribution is 2.26. The number of nitrogens with two attached hydrogens (primary N) is 1. The molecule has 0 radical (unpaired) electrons. The first-order valence-corrected chi connectivity index (χ1v) is 5.08. The first kappa shape index (κ1) is 11.8. The van der Waals surface area contributed by atoms with Crippen molar-refractivity contribution in [2.75, 3.05) is 13.7 Å². The number of hydrogen-bond acceptors (Lipinski definition) is 2. The van der Waals surface area contributed by atoms with Gasteiger partial charge in [0.2, 0.25) is 0 Å². The predicted octanol–water partition coefficient (Wildman–Crippen LogP) is 2.51. The third-order valence-electron chi connectivity index (χ3n) is 1.89. The van der Waals surface area contributed by atoms with E-state index >= 15 is 0 Å². The lowest BCUT2D eigenvalue weighted by molar-refractivity contribution is 0.180. The van der Waals surface area contributed by atoms with Crippen LogP contribution in [-0.4, -0.2) is 19.8 Å². The van der Waals surface area contributed by atoms with Crippen molar-refractivity contribution in [3.63, 3.8) is 0 Å². The van der Waals surface area contributed by atoms with Crippen LogP contribution in [-0.2, 0) is 11.2 Å². The van der Waals surface area contributed by atoms with Crippen molar-refractivity contribution in [1.29, 1.82) is 0 Å². The first-order valence-electron chi connectivity index (χ1n) is 4.32. The SMILES string of the molecule is COCC(N)Cc1cccc(Cl)c1Cl. The molecule has 1 aromatic carbocycles. The molecule has 0 aromatic heterocycles. The van der Waals surface area contributed by atoms with Gasteiger partial charge < -0.3 is 10.5 Å². The van der Waals surface area contributed by atoms with Crippen LogP contribution in [0.25, 0.3) is 0 Å². The van der Waals surface area contributed by atoms with Crippen molar-refractivity contribution in [2.45, 2.75) is 12.5 Å². The summed E-state index contributed by atoms with van der Waals surface area (Å²) in [5.41, 5.74) is 6.77. The average molecular weight is 234 g/mol. The quantitative estimate of drug-likeness (QED) is 0.868. The van der Waals surface area contributed by atoms with Crippen molar-refractivity contribution in [3.05, 3.63) is 33.8 Å². The number of halogens is 2. The van der Waals surface area contributed by atoms with Crippen molar-refractivity contribution in [1.82, 2.24) is 0 Å². The maximum Gasteiger partial charge on any atom is 0.0624 e. The van der Waals surface area contributed by atoms with E-state index < -0.39 is 0 Å². The Balaban J connectivity index is 2.71. The van der Waals surface area contributed by atoms with Crippen LogP contribution in [0.1, 0.15) is 5.56 Å². The highest BCUT2D eigenvalue weighted by Gasteiger charge is 2.08. The largest absolute Gasteiger partial charge is 0.383 e. The fourth-order valence-electron chi connectivity index (χ4n) is 1.26. The monoisotopic (exact) mass is 233 g/mol. The third kappa shape index (κ3) is 3.14. The van der Waals surface area contributed by atoms with E-state index in [9.17, 15) is 0 Å². The molecule has 78 valence electrons. The highest BCUT2D eigenvalue weighted by atomic mass is 35.5. The maximum atomic E-state index is 6.01. The summed E-state index contributed by atoms with van der Waals surface area (Å²) in [5, 5.41) is 1.15. The van der Waals surface area contributed by atoms with E-state index in [0.717, 1.165) is 5.56 Å². The second-order valence-electron chi connectivity index (χ2n) is 3.13. The van der Waals surface area contributed by atoms with Gasteiger partial charge in [0.25, 0.3) is 0 Å². The molecule has 1 aromatic rings. The molecule has 0 saturated heterocycles. The minimum atomic E-state index is -0.0454. The smallest absolute Gasteiger partial charge is 0.0624 e. The first-order chi connectivity index (χ1) is 6.65. The van der Waals surface area contributed by atoms with Gasteiger partial charge in [-0.2, -0.15) is 0 Å². The molecule has 1 unspecified atom stereocenters. The summed E-state index contributed by atoms with van der Waals surface area (Å²) in [6.07, 6.45) is 0.674. The minimum Gasteiger partial charge on any atom is -0.383 e. The number of ether oxygens (including phenoxy) is 1. The lowest BCUT2D eigenvalue weighted by Gasteiger charge is -2.11. The van der Waals surface area contributed by atoms with E-state index in [-0.39, 0.29) is 6.04 Å². The van der Waals surface area contributed by atoms with E-state index in [1.54, 1.807) is 13.2 Å². The summed E-state index contributed by atoms with van der Waals surface area (Å²) >= 11 is 11.9. The number of hydrogen-bond donors (Lipinski definition) is 1. The molecular weight excluding hydrogens is 221 g/mol. The van der Waals surface area contributed by atoms with E-state index in [0.29, 0.717) is 23.1 Å². The number of rotatable bonds is 4. The molecule has 0 spiro atoms. The molecule has 0 amide bonds. The fourth-order valence-corrected chi connectivity index (χ4v) is 1.66. The Labute approximate surface area is 94.0 Å². The van der Waals surface area contributed by atoms with Crippen molar-refractivity contribution in [2.24, 2.45) is 5.73 Å². The van der Waals surface area contributed by atoms with E-state index in [4.69, 9.17) is 33.7 Å². The van der Waals surface area contributed by atoms with Crippen LogP contribution in [0.5, 0.6) is 0 Å². The van der Waals surface area contributed by atoms with Gasteiger partial charge in [-0.25, -0.2) is 0 Å². The van der Waals surface area contributed by atoms with Gasteiger partial charge in [0, 0.05) is 13.2 Å². The Morgan fingerprint density at radius 2 is 2.14 bits per heavy atom. The van der Waals surface area contributed by atoms with Crippen molar-refractivity contribution >= 4 is 23.2 Å². The molecule has 0 aliphatic heterocycles. The van der Waals surface area contributed by atoms with E-state index in [2.05, 4.69) is 0 Å². The van der Waals surface area contributed by atoms with E-state index in [1.165, 1.54) is 0 Å². The summed E-state index contributed by atoms with van der Waals surface area (Å²) in [4.78, 5) is 0. The molecule has 0 bridgehead atoms. The molecule has 0 aliphatic carbocycles. The molecule has 0 fully saturated rings. The topological polar surface area (TPSA) is 35.2 Å². The van der Waals surface area contributed by atoms with Gasteiger partial charge >= 0.3 is 0 Å². The molecule has 2 nitrogen and oxygen atoms in total. The number of methoxy groups -OCH3 is 1. The van der Waals surface area contributed by atoms with Gasteiger partial charge in [-0.1, -0.05) is 35.3 Å². The Hall–Kier alpha value is -0.280. The molecule has 0 saturated carbocycles. The fraction of sp³-hybridized carbons (Fsp3) is 0.400. The summed E-state index contributed by atoms with van der Waals surface area (Å²) in [6, 6.07) is 5.50. The standard InChI is InChI=1S/C10H13Cl2NO/c1-14-6-8(13)5-7-3-2-4-9(11)10(7)12/h2-4,8H,5-6,13H2,1H3. The van der Waals surface area contributed by atoms with Crippen molar-refractivity contribution < 1.29 is 4.74 Å². The number of benzene rings is 1. The van der Waals surface area contributed by atoms with Crippen LogP contribution in [0.4, 0.5) is 0 Å². The van der Waals surface area contributed by atoms with Crippen LogP contribution in [0, 0.1) is 0 Å². The van der Waals surface area contributed by atoms with Gasteiger partial charge in [0.15, 0.2) is 0 Å². The zero-order valence-corrected chi connectivity index (χ0v) is 9.48. The maximum absolute atomic E-state index is 6.01. The Morgan fingerprint density at radius 3 is 2.79 bits per heavy atom. The lowest BCUT2D eigenvalue weighted by atomic mass is 10.1. The highest BCUT2D eigenvalue weighted by molar-refractivity contribution is 6.42. The molecule has 1 atom stereocenters. The van der Waals surface area contributed by atoms with Crippen LogP contribution in [0.2, 0.25) is 10.0 Å². The Kier molecular flexibility index (Phi) is 4.69. The van der Waals surface area contributed by atoms with Crippen LogP contribution >= 0.6 is 23.2 Å². The lowest BCUT2D eigenvalue weighted by Crippen LogP contribution is -2.28. The second-order valence-corrected chi connectivity index (χ2v) is 3.92. The molecule has 14 heavy (non-hydrogen) atoms. The van der Waals surface area contributed by atoms with Gasteiger partial charge in [-0.15, -0.1) is 0 Å². The van der Waals surface area contributed by atoms with Gasteiger partial charge in [0.1, 0.15) is 0 Å². The Morgan fingerprint density at radius 1 is 1.43 bits per heavy atom. The van der Waals surface area contributed by atoms with Gasteiger partial charge in [-0.05, 0) is 18.1 Å². The van der Waals surface area contributed by atoms with Crippen LogP contribution in [0.3, 0.4) is 0 Å². The zero-order valence-electron chi connectivity index (χ0n) is 7.97. The average Bonchev–Trinajstić information content (AvgIpc) is 2.13. The van der Waals surface area contributed by atoms with Crippen molar-refractivity contribution in [3.8, 4) is 0 Å². The second kappa shape index (κ2) is 5.56. The normalized spacial score (nSPS) is 12.9.